The van der Waals surface area contributed by atoms with Gasteiger partial charge in [0.1, 0.15) is 11.4 Å². The van der Waals surface area contributed by atoms with Crippen molar-refractivity contribution < 1.29 is 27.4 Å². The van der Waals surface area contributed by atoms with E-state index in [0.717, 1.165) is 24.2 Å². The van der Waals surface area contributed by atoms with Crippen molar-refractivity contribution in [3.8, 4) is 11.4 Å². The molecule has 2 unspecified atom stereocenters. The Bertz CT molecular complexity index is 917. The summed E-state index contributed by atoms with van der Waals surface area (Å²) in [6.45, 7) is 10.0. The van der Waals surface area contributed by atoms with E-state index in [-0.39, 0.29) is 23.8 Å². The minimum atomic E-state index is -4.72. The first-order chi connectivity index (χ1) is 14.3. The van der Waals surface area contributed by atoms with Crippen LogP contribution in [0.15, 0.2) is 30.3 Å². The average molecular weight is 439 g/mol. The molecular weight excluding hydrogens is 411 g/mol. The monoisotopic (exact) mass is 439 g/mol. The maximum Gasteiger partial charge on any atom is 0.573 e. The van der Waals surface area contributed by atoms with Crippen molar-refractivity contribution in [2.75, 3.05) is 6.54 Å². The molecule has 0 bridgehead atoms. The van der Waals surface area contributed by atoms with Gasteiger partial charge in [0.05, 0.1) is 11.4 Å². The molecule has 0 saturated carbocycles. The second kappa shape index (κ2) is 8.43. The van der Waals surface area contributed by atoms with Crippen molar-refractivity contribution >= 4 is 6.09 Å². The van der Waals surface area contributed by atoms with Crippen molar-refractivity contribution in [2.24, 2.45) is 0 Å². The molecule has 2 aromatic rings. The van der Waals surface area contributed by atoms with E-state index >= 15 is 0 Å². The molecule has 0 N–H and O–H groups in total. The molecule has 1 amide bonds. The number of hydrogen-bond donors (Lipinski definition) is 0. The zero-order valence-electron chi connectivity index (χ0n) is 18.4. The van der Waals surface area contributed by atoms with Gasteiger partial charge in [-0.15, -0.1) is 13.2 Å². The van der Waals surface area contributed by atoms with Crippen LogP contribution in [0.1, 0.15) is 57.8 Å². The second-order valence-corrected chi connectivity index (χ2v) is 8.91. The number of amides is 1. The summed E-state index contributed by atoms with van der Waals surface area (Å²) in [4.78, 5) is 14.2. The van der Waals surface area contributed by atoms with E-state index in [9.17, 15) is 18.0 Å². The highest BCUT2D eigenvalue weighted by Gasteiger charge is 2.33. The van der Waals surface area contributed by atoms with Gasteiger partial charge in [-0.3, -0.25) is 0 Å². The summed E-state index contributed by atoms with van der Waals surface area (Å²) in [5, 5.41) is 4.69. The molecule has 1 fully saturated rings. The topological polar surface area (TPSA) is 56.6 Å². The number of piperidine rings is 1. The summed E-state index contributed by atoms with van der Waals surface area (Å²) in [7, 11) is 0. The van der Waals surface area contributed by atoms with Crippen molar-refractivity contribution in [1.82, 2.24) is 14.7 Å². The molecule has 1 saturated heterocycles. The van der Waals surface area contributed by atoms with Gasteiger partial charge in [0.2, 0.25) is 0 Å². The van der Waals surface area contributed by atoms with Crippen LogP contribution in [0.5, 0.6) is 5.75 Å². The van der Waals surface area contributed by atoms with Gasteiger partial charge in [0, 0.05) is 24.2 Å². The largest absolute Gasteiger partial charge is 0.573 e. The predicted molar refractivity (Wildman–Crippen MR) is 109 cm³/mol. The van der Waals surface area contributed by atoms with Gasteiger partial charge in [-0.2, -0.15) is 5.10 Å². The highest BCUT2D eigenvalue weighted by molar-refractivity contribution is 5.68. The maximum absolute atomic E-state index is 12.4. The molecule has 0 aliphatic carbocycles. The summed E-state index contributed by atoms with van der Waals surface area (Å²) in [6.07, 6.45) is -3.51. The van der Waals surface area contributed by atoms with Crippen LogP contribution in [-0.2, 0) is 4.74 Å². The second-order valence-electron chi connectivity index (χ2n) is 8.91. The predicted octanol–water partition coefficient (Wildman–Crippen LogP) is 5.58. The lowest BCUT2D eigenvalue weighted by Crippen LogP contribution is -2.46. The van der Waals surface area contributed by atoms with Gasteiger partial charge in [-0.25, -0.2) is 9.48 Å². The molecule has 1 aliphatic rings. The van der Waals surface area contributed by atoms with Crippen molar-refractivity contribution in [3.63, 3.8) is 0 Å². The van der Waals surface area contributed by atoms with Crippen molar-refractivity contribution in [3.05, 3.63) is 41.7 Å². The average Bonchev–Trinajstić information content (AvgIpc) is 3.01. The Morgan fingerprint density at radius 2 is 1.81 bits per heavy atom. The van der Waals surface area contributed by atoms with E-state index < -0.39 is 12.0 Å². The molecule has 31 heavy (non-hydrogen) atoms. The molecule has 170 valence electrons. The number of halogens is 3. The summed E-state index contributed by atoms with van der Waals surface area (Å²) >= 11 is 0. The fraction of sp³-hybridized carbons (Fsp3) is 0.545. The molecule has 1 aromatic carbocycles. The van der Waals surface area contributed by atoms with Crippen LogP contribution in [0, 0.1) is 6.92 Å². The Hall–Kier alpha value is -2.71. The number of alkyl halides is 3. The Kier molecular flexibility index (Phi) is 6.25. The fourth-order valence-electron chi connectivity index (χ4n) is 3.78. The lowest BCUT2D eigenvalue weighted by molar-refractivity contribution is -0.274. The number of likely N-dealkylation sites (tertiary alicyclic amines) is 1. The van der Waals surface area contributed by atoms with Crippen molar-refractivity contribution in [2.45, 2.75) is 71.4 Å². The molecule has 0 radical (unpaired) electrons. The first kappa shape index (κ1) is 23.0. The summed E-state index contributed by atoms with van der Waals surface area (Å²) < 4.78 is 48.2. The van der Waals surface area contributed by atoms with Crippen LogP contribution in [-0.4, -0.2) is 45.3 Å². The van der Waals surface area contributed by atoms with Gasteiger partial charge in [-0.05, 0) is 77.8 Å². The molecular formula is C22H28F3N3O3. The van der Waals surface area contributed by atoms with Gasteiger partial charge in [-0.1, -0.05) is 0 Å². The zero-order chi connectivity index (χ0) is 23.0. The Morgan fingerprint density at radius 1 is 1.16 bits per heavy atom. The first-order valence-corrected chi connectivity index (χ1v) is 10.2. The number of nitrogens with zero attached hydrogens (tertiary/aromatic N) is 3. The Morgan fingerprint density at radius 3 is 2.35 bits per heavy atom. The highest BCUT2D eigenvalue weighted by Crippen LogP contribution is 2.33. The van der Waals surface area contributed by atoms with E-state index in [1.165, 1.54) is 12.1 Å². The number of hydrogen-bond acceptors (Lipinski definition) is 4. The quantitative estimate of drug-likeness (QED) is 0.626. The molecule has 2 atom stereocenters. The summed E-state index contributed by atoms with van der Waals surface area (Å²) in [5.74, 6) is -0.0916. The number of ether oxygens (including phenoxy) is 2. The van der Waals surface area contributed by atoms with E-state index in [1.54, 1.807) is 21.7 Å². The summed E-state index contributed by atoms with van der Waals surface area (Å²) in [6, 6.07) is 7.62. The molecule has 9 heteroatoms. The maximum atomic E-state index is 12.4. The van der Waals surface area contributed by atoms with Crippen LogP contribution < -0.4 is 4.74 Å². The number of carbonyl (C=O) groups excluding carboxylic acids is 1. The third kappa shape index (κ3) is 5.92. The molecule has 2 heterocycles. The van der Waals surface area contributed by atoms with Gasteiger partial charge >= 0.3 is 12.5 Å². The van der Waals surface area contributed by atoms with Gasteiger partial charge in [0.25, 0.3) is 0 Å². The van der Waals surface area contributed by atoms with Crippen LogP contribution in [0.2, 0.25) is 0 Å². The highest BCUT2D eigenvalue weighted by atomic mass is 19.4. The first-order valence-electron chi connectivity index (χ1n) is 10.2. The Balaban J connectivity index is 1.70. The number of carbonyl (C=O) groups is 1. The number of rotatable bonds is 3. The number of benzene rings is 1. The molecule has 6 nitrogen and oxygen atoms in total. The fourth-order valence-corrected chi connectivity index (χ4v) is 3.78. The standard InChI is InChI=1S/C22H28F3N3O3/c1-14-12-16(10-11-27(14)20(29)31-21(3,4)5)19-13-15(2)28(26-19)17-6-8-18(9-7-17)30-22(23,24)25/h6-9,13-14,16H,10-12H2,1-5H3. The molecule has 0 spiro atoms. The lowest BCUT2D eigenvalue weighted by Gasteiger charge is -2.37. The number of aromatic nitrogens is 2. The van der Waals surface area contributed by atoms with Crippen molar-refractivity contribution in [1.29, 1.82) is 0 Å². The minimum absolute atomic E-state index is 0.0119. The minimum Gasteiger partial charge on any atom is -0.444 e. The van der Waals surface area contributed by atoms with Crippen LogP contribution in [0.4, 0.5) is 18.0 Å². The van der Waals surface area contributed by atoms with Gasteiger partial charge in [0.15, 0.2) is 0 Å². The third-order valence-electron chi connectivity index (χ3n) is 5.14. The number of aryl methyl sites for hydroxylation is 1. The lowest BCUT2D eigenvalue weighted by atomic mass is 9.89. The smallest absolute Gasteiger partial charge is 0.444 e. The van der Waals surface area contributed by atoms with E-state index in [4.69, 9.17) is 9.84 Å². The normalized spacial score (nSPS) is 19.9. The Labute approximate surface area is 179 Å². The van der Waals surface area contributed by atoms with Crippen LogP contribution in [0.25, 0.3) is 5.69 Å². The molecule has 1 aliphatic heterocycles. The SMILES string of the molecule is Cc1cc(C2CCN(C(=O)OC(C)(C)C)C(C)C2)nn1-c1ccc(OC(F)(F)F)cc1. The van der Waals surface area contributed by atoms with Crippen LogP contribution >= 0.6 is 0 Å². The summed E-state index contributed by atoms with van der Waals surface area (Å²) in [5.41, 5.74) is 1.90. The van der Waals surface area contributed by atoms with E-state index in [2.05, 4.69) is 4.74 Å². The van der Waals surface area contributed by atoms with E-state index in [0.29, 0.717) is 12.2 Å². The zero-order valence-corrected chi connectivity index (χ0v) is 18.4. The molecule has 3 rings (SSSR count). The molecule has 1 aromatic heterocycles. The van der Waals surface area contributed by atoms with Crippen LogP contribution in [0.3, 0.4) is 0 Å². The third-order valence-corrected chi connectivity index (χ3v) is 5.14. The van der Waals surface area contributed by atoms with Gasteiger partial charge < -0.3 is 14.4 Å². The van der Waals surface area contributed by atoms with E-state index in [1.807, 2.05) is 40.7 Å².